The molecule has 3 heterocycles. The van der Waals surface area contributed by atoms with Crippen molar-refractivity contribution in [1.29, 1.82) is 0 Å². The Morgan fingerprint density at radius 2 is 1.28 bits per heavy atom. The van der Waals surface area contributed by atoms with Gasteiger partial charge in [0.25, 0.3) is 0 Å². The first-order valence-corrected chi connectivity index (χ1v) is 20.1. The van der Waals surface area contributed by atoms with Crippen molar-refractivity contribution in [2.45, 2.75) is 39.5 Å². The van der Waals surface area contributed by atoms with E-state index in [1.165, 1.54) is 45.6 Å². The van der Waals surface area contributed by atoms with Crippen LogP contribution in [0.15, 0.2) is 174 Å². The summed E-state index contributed by atoms with van der Waals surface area (Å²) < 4.78 is 21.6. The average Bonchev–Trinajstić information content (AvgIpc) is 3.86. The first-order valence-electron chi connectivity index (χ1n) is 20.1. The van der Waals surface area contributed by atoms with E-state index in [4.69, 9.17) is 9.40 Å². The number of pyridine rings is 1. The molecule has 10 aromatic rings. The predicted octanol–water partition coefficient (Wildman–Crippen LogP) is 14.7. The van der Waals surface area contributed by atoms with Crippen LogP contribution in [0.2, 0.25) is 0 Å². The van der Waals surface area contributed by atoms with Gasteiger partial charge >= 0.3 is 0 Å². The zero-order valence-electron chi connectivity index (χ0n) is 33.8. The fourth-order valence-electron chi connectivity index (χ4n) is 7.84. The van der Waals surface area contributed by atoms with Crippen molar-refractivity contribution in [3.8, 4) is 50.6 Å². The number of nitrogens with zero attached hydrogens (tertiary/aromatic N) is 3. The van der Waals surface area contributed by atoms with E-state index in [9.17, 15) is 4.39 Å². The molecule has 0 aliphatic heterocycles. The van der Waals surface area contributed by atoms with Crippen molar-refractivity contribution in [1.82, 2.24) is 14.5 Å². The van der Waals surface area contributed by atoms with Crippen molar-refractivity contribution in [2.75, 3.05) is 0 Å². The van der Waals surface area contributed by atoms with Crippen LogP contribution in [0, 0.1) is 17.9 Å². The monoisotopic (exact) mass is 960 g/mol. The molecule has 297 valence electrons. The van der Waals surface area contributed by atoms with Crippen molar-refractivity contribution >= 4 is 33.0 Å². The van der Waals surface area contributed by atoms with Gasteiger partial charge in [0.1, 0.15) is 5.58 Å². The van der Waals surface area contributed by atoms with Gasteiger partial charge in [-0.2, -0.15) is 0 Å². The molecule has 0 fully saturated rings. The minimum absolute atomic E-state index is 0. The largest absolute Gasteiger partial charge is 0.501 e. The van der Waals surface area contributed by atoms with Gasteiger partial charge in [-0.05, 0) is 87.3 Å². The van der Waals surface area contributed by atoms with Crippen LogP contribution in [-0.4, -0.2) is 14.5 Å². The summed E-state index contributed by atoms with van der Waals surface area (Å²) in [5.41, 5.74) is 14.7. The van der Waals surface area contributed by atoms with Crippen molar-refractivity contribution < 1.29 is 28.9 Å². The summed E-state index contributed by atoms with van der Waals surface area (Å²) in [6.45, 7) is 9.14. The minimum atomic E-state index is -0.278. The second-order valence-corrected chi connectivity index (χ2v) is 15.3. The van der Waals surface area contributed by atoms with E-state index >= 15 is 0 Å². The summed E-state index contributed by atoms with van der Waals surface area (Å²) in [7, 11) is 0. The molecule has 6 heteroatoms. The molecule has 7 aromatic carbocycles. The zero-order valence-corrected chi connectivity index (χ0v) is 36.2. The second-order valence-electron chi connectivity index (χ2n) is 15.3. The molecule has 60 heavy (non-hydrogen) atoms. The third-order valence-corrected chi connectivity index (χ3v) is 10.8. The molecule has 10 rings (SSSR count). The van der Waals surface area contributed by atoms with Crippen LogP contribution in [-0.2, 0) is 20.1 Å². The summed E-state index contributed by atoms with van der Waals surface area (Å²) in [6, 6.07) is 61.3. The molecule has 0 N–H and O–H groups in total. The third kappa shape index (κ3) is 7.85. The number of benzene rings is 7. The molecule has 4 nitrogen and oxygen atoms in total. The molecular formula is C54H42FIrN3O-2. The van der Waals surface area contributed by atoms with Crippen LogP contribution in [0.1, 0.15) is 50.7 Å². The Bertz CT molecular complexity index is 3020. The standard InChI is InChI=1S/C43H35N2O.C11H7FN.Ir/c1-27(2)36-24-32(30-16-9-6-10-17-30)25-37(28(3)4)41(36)45-39-21-12-11-20-38(39)44-43(45)35-19-13-18-34-33-23-22-31(26-40(33)46-42(34)35)29-14-7-5-8-15-29;12-10-6-4-9(5-7-10)11-3-1-2-8-13-11;/h5-18,20-28H,1-4H3;1-4,6-8H;/q2*-1;. The molecular weight excluding hydrogens is 918 g/mol. The molecule has 0 saturated heterocycles. The number of rotatable bonds is 7. The maximum atomic E-state index is 12.6. The Hall–Kier alpha value is -6.46. The number of halogens is 1. The number of hydrogen-bond acceptors (Lipinski definition) is 3. The summed E-state index contributed by atoms with van der Waals surface area (Å²) in [6.07, 6.45) is 1.70. The minimum Gasteiger partial charge on any atom is -0.501 e. The van der Waals surface area contributed by atoms with Crippen LogP contribution in [0.5, 0.6) is 0 Å². The fourth-order valence-corrected chi connectivity index (χ4v) is 7.84. The van der Waals surface area contributed by atoms with Gasteiger partial charge in [0.15, 0.2) is 0 Å². The van der Waals surface area contributed by atoms with E-state index in [1.807, 2.05) is 30.3 Å². The van der Waals surface area contributed by atoms with Crippen LogP contribution >= 0.6 is 0 Å². The van der Waals surface area contributed by atoms with E-state index < -0.39 is 0 Å². The maximum absolute atomic E-state index is 12.6. The van der Waals surface area contributed by atoms with Crippen LogP contribution in [0.4, 0.5) is 4.39 Å². The summed E-state index contributed by atoms with van der Waals surface area (Å²) >= 11 is 0. The second kappa shape index (κ2) is 17.4. The fraction of sp³-hybridized carbons (Fsp3) is 0.111. The number of furan rings is 1. The molecule has 0 unspecified atom stereocenters. The SMILES string of the molecule is CC(C)c1cc(-c2ccccc2)cc(C(C)C)c1-n1c(-c2[c-]ccc3c2oc2cc(-c4ccccc4)ccc23)nc2ccccc21.Fc1c[c-]c(-c2ccccn2)cc1.[Ir]. The van der Waals surface area contributed by atoms with Gasteiger partial charge in [0, 0.05) is 43.2 Å². The molecule has 0 saturated carbocycles. The Labute approximate surface area is 363 Å². The summed E-state index contributed by atoms with van der Waals surface area (Å²) in [5.74, 6) is 1.13. The van der Waals surface area contributed by atoms with E-state index in [0.717, 1.165) is 61.2 Å². The van der Waals surface area contributed by atoms with Crippen LogP contribution < -0.4 is 0 Å². The smallest absolute Gasteiger partial charge is 0.121 e. The first kappa shape index (κ1) is 40.3. The molecule has 3 aromatic heterocycles. The van der Waals surface area contributed by atoms with Crippen molar-refractivity contribution in [2.24, 2.45) is 0 Å². The average molecular weight is 960 g/mol. The number of para-hydroxylation sites is 2. The van der Waals surface area contributed by atoms with Gasteiger partial charge < -0.3 is 14.0 Å². The third-order valence-electron chi connectivity index (χ3n) is 10.8. The Balaban J connectivity index is 0.000000304. The normalized spacial score (nSPS) is 11.2. The molecule has 0 aliphatic carbocycles. The summed E-state index contributed by atoms with van der Waals surface area (Å²) in [5, 5.41) is 2.15. The zero-order chi connectivity index (χ0) is 40.5. The molecule has 0 bridgehead atoms. The molecule has 0 aliphatic rings. The Morgan fingerprint density at radius 3 is 1.93 bits per heavy atom. The molecule has 0 amide bonds. The predicted molar refractivity (Wildman–Crippen MR) is 240 cm³/mol. The van der Waals surface area contributed by atoms with Gasteiger partial charge in [0.2, 0.25) is 0 Å². The maximum Gasteiger partial charge on any atom is 0.121 e. The Kier molecular flexibility index (Phi) is 11.7. The first-order chi connectivity index (χ1) is 28.8. The van der Waals surface area contributed by atoms with E-state index in [1.54, 1.807) is 12.3 Å². The number of fused-ring (bicyclic) bond motifs is 4. The molecule has 0 spiro atoms. The van der Waals surface area contributed by atoms with Crippen LogP contribution in [0.25, 0.3) is 83.6 Å². The molecule has 0 atom stereocenters. The number of aromatic nitrogens is 3. The van der Waals surface area contributed by atoms with Gasteiger partial charge in [-0.15, -0.1) is 48.0 Å². The van der Waals surface area contributed by atoms with Gasteiger partial charge in [-0.25, -0.2) is 0 Å². The van der Waals surface area contributed by atoms with Gasteiger partial charge in [0.05, 0.1) is 22.4 Å². The number of hydrogen-bond donors (Lipinski definition) is 0. The van der Waals surface area contributed by atoms with Gasteiger partial charge in [-0.3, -0.25) is 9.37 Å². The quantitative estimate of drug-likeness (QED) is 0.150. The Morgan fingerprint density at radius 1 is 0.617 bits per heavy atom. The van der Waals surface area contributed by atoms with E-state index in [2.05, 4.69) is 165 Å². The van der Waals surface area contributed by atoms with Crippen molar-refractivity contribution in [3.63, 3.8) is 0 Å². The molecule has 1 radical (unpaired) electrons. The van der Waals surface area contributed by atoms with Gasteiger partial charge in [-0.1, -0.05) is 136 Å². The van der Waals surface area contributed by atoms with E-state index in [-0.39, 0.29) is 37.8 Å². The number of imidazole rings is 1. The summed E-state index contributed by atoms with van der Waals surface area (Å²) in [4.78, 5) is 9.42. The van der Waals surface area contributed by atoms with Crippen molar-refractivity contribution in [3.05, 3.63) is 199 Å². The van der Waals surface area contributed by atoms with E-state index in [0.29, 0.717) is 0 Å². The van der Waals surface area contributed by atoms with Crippen LogP contribution in [0.3, 0.4) is 0 Å². The topological polar surface area (TPSA) is 43.9 Å².